The summed E-state index contributed by atoms with van der Waals surface area (Å²) in [5.41, 5.74) is 0.774. The fraction of sp³-hybridized carbons (Fsp3) is 0.583. The van der Waals surface area contributed by atoms with Gasteiger partial charge in [-0.3, -0.25) is 4.79 Å². The van der Waals surface area contributed by atoms with Crippen LogP contribution in [-0.2, 0) is 0 Å². The molecule has 1 aromatic rings. The Balaban J connectivity index is 2.42. The van der Waals surface area contributed by atoms with E-state index in [0.717, 1.165) is 36.5 Å². The molecule has 0 aliphatic carbocycles. The standard InChI is InChI=1S/C12H17N3OS/c1-4-5-6-7-8-13-12(16)11-10(9(2)3)14-15-17-11/h1,9H,5-8H2,2-3H3,(H,13,16). The summed E-state index contributed by atoms with van der Waals surface area (Å²) in [7, 11) is 0. The number of aromatic nitrogens is 2. The van der Waals surface area contributed by atoms with Crippen LogP contribution in [0.15, 0.2) is 0 Å². The summed E-state index contributed by atoms with van der Waals surface area (Å²) in [6.07, 6.45) is 7.75. The number of rotatable bonds is 6. The van der Waals surface area contributed by atoms with Gasteiger partial charge in [-0.05, 0) is 30.3 Å². The van der Waals surface area contributed by atoms with E-state index in [1.165, 1.54) is 0 Å². The minimum absolute atomic E-state index is 0.0793. The number of unbranched alkanes of at least 4 members (excludes halogenated alkanes) is 2. The van der Waals surface area contributed by atoms with Crippen LogP contribution in [0.1, 0.15) is 54.4 Å². The molecule has 1 aromatic heterocycles. The SMILES string of the molecule is C#CCCCCNC(=O)c1snnc1C(C)C. The van der Waals surface area contributed by atoms with Gasteiger partial charge in [0, 0.05) is 13.0 Å². The summed E-state index contributed by atoms with van der Waals surface area (Å²) in [5, 5.41) is 6.84. The first-order valence-electron chi connectivity index (χ1n) is 5.70. The van der Waals surface area contributed by atoms with Gasteiger partial charge in [0.1, 0.15) is 4.88 Å². The number of nitrogens with zero attached hydrogens (tertiary/aromatic N) is 2. The van der Waals surface area contributed by atoms with E-state index < -0.39 is 0 Å². The molecule has 0 bridgehead atoms. The summed E-state index contributed by atoms with van der Waals surface area (Å²) in [4.78, 5) is 12.5. The average Bonchev–Trinajstić information content (AvgIpc) is 2.77. The lowest BCUT2D eigenvalue weighted by atomic mass is 10.1. The van der Waals surface area contributed by atoms with Crippen LogP contribution < -0.4 is 5.32 Å². The minimum Gasteiger partial charge on any atom is -0.351 e. The van der Waals surface area contributed by atoms with E-state index in [2.05, 4.69) is 20.8 Å². The fourth-order valence-corrected chi connectivity index (χ4v) is 2.10. The van der Waals surface area contributed by atoms with E-state index in [0.29, 0.717) is 11.4 Å². The third-order valence-electron chi connectivity index (χ3n) is 2.30. The van der Waals surface area contributed by atoms with E-state index >= 15 is 0 Å². The summed E-state index contributed by atoms with van der Waals surface area (Å²) in [6.45, 7) is 4.65. The summed E-state index contributed by atoms with van der Waals surface area (Å²) >= 11 is 1.15. The maximum absolute atomic E-state index is 11.8. The van der Waals surface area contributed by atoms with Crippen molar-refractivity contribution in [3.63, 3.8) is 0 Å². The Kier molecular flexibility index (Phi) is 5.64. The molecule has 1 N–H and O–H groups in total. The van der Waals surface area contributed by atoms with Crippen molar-refractivity contribution >= 4 is 17.4 Å². The van der Waals surface area contributed by atoms with Gasteiger partial charge in [-0.1, -0.05) is 18.3 Å². The van der Waals surface area contributed by atoms with Gasteiger partial charge in [0.2, 0.25) is 0 Å². The maximum Gasteiger partial charge on any atom is 0.264 e. The molecule has 17 heavy (non-hydrogen) atoms. The Bertz CT molecular complexity index is 406. The fourth-order valence-electron chi connectivity index (χ4n) is 1.37. The second-order valence-corrected chi connectivity index (χ2v) is 4.81. The first kappa shape index (κ1) is 13.7. The van der Waals surface area contributed by atoms with Crippen molar-refractivity contribution in [1.29, 1.82) is 0 Å². The lowest BCUT2D eigenvalue weighted by molar-refractivity contribution is 0.0955. The van der Waals surface area contributed by atoms with Crippen molar-refractivity contribution in [3.05, 3.63) is 10.6 Å². The van der Waals surface area contributed by atoms with Crippen LogP contribution in [0.4, 0.5) is 0 Å². The second-order valence-electron chi connectivity index (χ2n) is 4.06. The minimum atomic E-state index is -0.0793. The molecule has 0 fully saturated rings. The van der Waals surface area contributed by atoms with E-state index in [4.69, 9.17) is 6.42 Å². The molecule has 4 nitrogen and oxygen atoms in total. The summed E-state index contributed by atoms with van der Waals surface area (Å²) in [6, 6.07) is 0. The number of hydrogen-bond donors (Lipinski definition) is 1. The van der Waals surface area contributed by atoms with Gasteiger partial charge in [-0.2, -0.15) is 0 Å². The van der Waals surface area contributed by atoms with Crippen LogP contribution in [0.25, 0.3) is 0 Å². The zero-order valence-corrected chi connectivity index (χ0v) is 11.0. The zero-order valence-electron chi connectivity index (χ0n) is 10.2. The lowest BCUT2D eigenvalue weighted by Gasteiger charge is -2.05. The highest BCUT2D eigenvalue weighted by molar-refractivity contribution is 7.08. The highest BCUT2D eigenvalue weighted by atomic mass is 32.1. The van der Waals surface area contributed by atoms with Crippen molar-refractivity contribution in [2.24, 2.45) is 0 Å². The number of nitrogens with one attached hydrogen (secondary N) is 1. The van der Waals surface area contributed by atoms with Gasteiger partial charge >= 0.3 is 0 Å². The molecular formula is C12H17N3OS. The van der Waals surface area contributed by atoms with E-state index in [1.54, 1.807) is 0 Å². The van der Waals surface area contributed by atoms with Crippen molar-refractivity contribution in [1.82, 2.24) is 14.9 Å². The predicted molar refractivity (Wildman–Crippen MR) is 69.0 cm³/mol. The lowest BCUT2D eigenvalue weighted by Crippen LogP contribution is -2.24. The molecular weight excluding hydrogens is 234 g/mol. The number of amides is 1. The highest BCUT2D eigenvalue weighted by Gasteiger charge is 2.17. The summed E-state index contributed by atoms with van der Waals surface area (Å²) < 4.78 is 3.83. The molecule has 0 saturated heterocycles. The molecule has 1 heterocycles. The average molecular weight is 251 g/mol. The van der Waals surface area contributed by atoms with Crippen LogP contribution >= 0.6 is 11.5 Å². The Labute approximate surface area is 106 Å². The molecule has 0 aliphatic rings. The zero-order chi connectivity index (χ0) is 12.7. The molecule has 0 aliphatic heterocycles. The monoisotopic (exact) mass is 251 g/mol. The molecule has 0 unspecified atom stereocenters. The molecule has 0 radical (unpaired) electrons. The van der Waals surface area contributed by atoms with Gasteiger partial charge in [0.05, 0.1) is 5.69 Å². The third kappa shape index (κ3) is 4.16. The molecule has 0 atom stereocenters. The van der Waals surface area contributed by atoms with Crippen LogP contribution in [0.3, 0.4) is 0 Å². The molecule has 0 aromatic carbocycles. The Morgan fingerprint density at radius 1 is 1.53 bits per heavy atom. The van der Waals surface area contributed by atoms with Crippen LogP contribution in [0.5, 0.6) is 0 Å². The number of carbonyl (C=O) groups is 1. The third-order valence-corrected chi connectivity index (χ3v) is 3.04. The van der Waals surface area contributed by atoms with Crippen LogP contribution in [0, 0.1) is 12.3 Å². The Hall–Kier alpha value is -1.41. The van der Waals surface area contributed by atoms with Crippen molar-refractivity contribution in [2.75, 3.05) is 6.54 Å². The van der Waals surface area contributed by atoms with E-state index in [1.807, 2.05) is 13.8 Å². The first-order valence-corrected chi connectivity index (χ1v) is 6.48. The van der Waals surface area contributed by atoms with Crippen molar-refractivity contribution < 1.29 is 4.79 Å². The van der Waals surface area contributed by atoms with Gasteiger partial charge < -0.3 is 5.32 Å². The van der Waals surface area contributed by atoms with E-state index in [-0.39, 0.29) is 11.8 Å². The number of carbonyl (C=O) groups excluding carboxylic acids is 1. The Morgan fingerprint density at radius 2 is 2.29 bits per heavy atom. The molecule has 0 spiro atoms. The van der Waals surface area contributed by atoms with Crippen LogP contribution in [-0.4, -0.2) is 22.0 Å². The molecule has 0 saturated carbocycles. The topological polar surface area (TPSA) is 54.9 Å². The first-order chi connectivity index (χ1) is 8.16. The van der Waals surface area contributed by atoms with Crippen molar-refractivity contribution in [2.45, 2.75) is 39.0 Å². The number of terminal acetylenes is 1. The quantitative estimate of drug-likeness (QED) is 0.623. The number of hydrogen-bond acceptors (Lipinski definition) is 4. The predicted octanol–water partition coefficient (Wildman–Crippen LogP) is 2.19. The maximum atomic E-state index is 11.8. The largest absolute Gasteiger partial charge is 0.351 e. The van der Waals surface area contributed by atoms with Gasteiger partial charge in [0.15, 0.2) is 0 Å². The van der Waals surface area contributed by atoms with Gasteiger partial charge in [0.25, 0.3) is 5.91 Å². The van der Waals surface area contributed by atoms with Gasteiger partial charge in [-0.25, -0.2) is 0 Å². The highest BCUT2D eigenvalue weighted by Crippen LogP contribution is 2.19. The molecule has 1 amide bonds. The normalized spacial score (nSPS) is 10.2. The molecule has 1 rings (SSSR count). The van der Waals surface area contributed by atoms with E-state index in [9.17, 15) is 4.79 Å². The Morgan fingerprint density at radius 3 is 2.94 bits per heavy atom. The van der Waals surface area contributed by atoms with Crippen LogP contribution in [0.2, 0.25) is 0 Å². The second kappa shape index (κ2) is 7.02. The smallest absolute Gasteiger partial charge is 0.264 e. The molecule has 5 heteroatoms. The summed E-state index contributed by atoms with van der Waals surface area (Å²) in [5.74, 6) is 2.72. The molecule has 92 valence electrons. The van der Waals surface area contributed by atoms with Crippen molar-refractivity contribution in [3.8, 4) is 12.3 Å². The van der Waals surface area contributed by atoms with Gasteiger partial charge in [-0.15, -0.1) is 17.4 Å².